The molecule has 5 rings (SSSR count). The van der Waals surface area contributed by atoms with Crippen molar-refractivity contribution in [2.75, 3.05) is 37.7 Å². The lowest BCUT2D eigenvalue weighted by Gasteiger charge is -2.27. The number of aromatic nitrogens is 5. The highest BCUT2D eigenvalue weighted by Gasteiger charge is 2.21. The summed E-state index contributed by atoms with van der Waals surface area (Å²) >= 11 is 0. The van der Waals surface area contributed by atoms with Gasteiger partial charge in [-0.15, -0.1) is 0 Å². The van der Waals surface area contributed by atoms with Crippen LogP contribution in [0.3, 0.4) is 0 Å². The van der Waals surface area contributed by atoms with Crippen molar-refractivity contribution >= 4 is 11.5 Å². The van der Waals surface area contributed by atoms with Crippen LogP contribution < -0.4 is 15.6 Å². The lowest BCUT2D eigenvalue weighted by atomic mass is 10.1. The monoisotopic (exact) mass is 359 g/mol. The molecule has 3 aromatic heterocycles. The van der Waals surface area contributed by atoms with Crippen molar-refractivity contribution in [1.29, 1.82) is 0 Å². The Bertz CT molecular complexity index is 1080. The number of morpholine rings is 1. The van der Waals surface area contributed by atoms with Gasteiger partial charge in [0.1, 0.15) is 22.7 Å². The third kappa shape index (κ3) is 2.93. The molecule has 8 nitrogen and oxygen atoms in total. The van der Waals surface area contributed by atoms with Crippen molar-refractivity contribution in [3.05, 3.63) is 59.5 Å². The summed E-state index contributed by atoms with van der Waals surface area (Å²) in [6.07, 6.45) is 6.82. The molecule has 0 spiro atoms. The van der Waals surface area contributed by atoms with Crippen molar-refractivity contribution in [2.45, 2.75) is 0 Å². The number of fused-ring (bicyclic) bond motifs is 1. The minimum absolute atomic E-state index is 0.533. The number of hydrogen-bond acceptors (Lipinski definition) is 8. The predicted octanol–water partition coefficient (Wildman–Crippen LogP) is -0.00260. The van der Waals surface area contributed by atoms with Crippen LogP contribution in [0.25, 0.3) is 16.8 Å². The average Bonchev–Trinajstić information content (AvgIpc) is 3.19. The fourth-order valence-electron chi connectivity index (χ4n) is 3.32. The van der Waals surface area contributed by atoms with Gasteiger partial charge < -0.3 is 9.64 Å². The number of nitrogens with zero attached hydrogens (tertiary/aromatic N) is 7. The van der Waals surface area contributed by atoms with Crippen LogP contribution in [0.4, 0.5) is 5.95 Å². The summed E-state index contributed by atoms with van der Waals surface area (Å²) in [5.41, 5.74) is 3.65. The molecule has 0 amide bonds. The summed E-state index contributed by atoms with van der Waals surface area (Å²) in [6, 6.07) is 5.79. The maximum atomic E-state index is 5.47. The topological polar surface area (TPSA) is 89.3 Å². The van der Waals surface area contributed by atoms with Gasteiger partial charge in [-0.25, -0.2) is 19.9 Å². The molecule has 27 heavy (non-hydrogen) atoms. The smallest absolute Gasteiger partial charge is 0.226 e. The molecule has 1 fully saturated rings. The van der Waals surface area contributed by atoms with E-state index in [1.165, 1.54) is 0 Å². The molecule has 5 heterocycles. The van der Waals surface area contributed by atoms with Gasteiger partial charge in [-0.1, -0.05) is 0 Å². The Hall–Kier alpha value is -3.26. The fraction of sp³-hybridized carbons (Fsp3) is 0.263. The van der Waals surface area contributed by atoms with Crippen LogP contribution in [-0.4, -0.2) is 57.8 Å². The summed E-state index contributed by atoms with van der Waals surface area (Å²) in [6.45, 7) is 3.44. The molecule has 8 heteroatoms. The Labute approximate surface area is 155 Å². The van der Waals surface area contributed by atoms with Gasteiger partial charge in [-0.2, -0.15) is 0 Å². The standard InChI is InChI=1S/C19H17N7O/c1-4-20-5-2-13(1)16-18-17(14(11-22-18)15-3-6-21-12-23-15)25-19(24-16)26-7-9-27-10-8-26/h1-6,12H,7-11H2. The largest absolute Gasteiger partial charge is 0.378 e. The minimum atomic E-state index is 0.533. The molecular weight excluding hydrogens is 342 g/mol. The Kier molecular flexibility index (Phi) is 4.02. The number of hydrogen-bond donors (Lipinski definition) is 0. The van der Waals surface area contributed by atoms with Gasteiger partial charge in [-0.3, -0.25) is 9.98 Å². The molecule has 0 unspecified atom stereocenters. The van der Waals surface area contributed by atoms with Crippen LogP contribution in [-0.2, 0) is 4.74 Å². The normalized spacial score (nSPS) is 16.1. The summed E-state index contributed by atoms with van der Waals surface area (Å²) in [7, 11) is 0. The minimum Gasteiger partial charge on any atom is -0.378 e. The van der Waals surface area contributed by atoms with Gasteiger partial charge in [0.05, 0.1) is 25.5 Å². The van der Waals surface area contributed by atoms with Crippen LogP contribution in [0, 0.1) is 0 Å². The summed E-state index contributed by atoms with van der Waals surface area (Å²) in [5, 5.41) is 1.66. The van der Waals surface area contributed by atoms with Crippen molar-refractivity contribution < 1.29 is 4.74 Å². The van der Waals surface area contributed by atoms with E-state index in [1.807, 2.05) is 18.2 Å². The first kappa shape index (κ1) is 16.0. The van der Waals surface area contributed by atoms with Crippen molar-refractivity contribution in [2.24, 2.45) is 4.99 Å². The summed E-state index contributed by atoms with van der Waals surface area (Å²) in [5.74, 6) is 0.701. The van der Waals surface area contributed by atoms with E-state index in [1.54, 1.807) is 24.9 Å². The van der Waals surface area contributed by atoms with Gasteiger partial charge in [-0.05, 0) is 18.2 Å². The Balaban J connectivity index is 1.76. The molecule has 2 aliphatic heterocycles. The van der Waals surface area contributed by atoms with Crippen LogP contribution >= 0.6 is 0 Å². The maximum absolute atomic E-state index is 5.47. The van der Waals surface area contributed by atoms with Gasteiger partial charge in [0.15, 0.2) is 0 Å². The zero-order valence-electron chi connectivity index (χ0n) is 14.6. The second kappa shape index (κ2) is 6.81. The van der Waals surface area contributed by atoms with E-state index in [2.05, 4.69) is 19.9 Å². The van der Waals surface area contributed by atoms with Gasteiger partial charge in [0, 0.05) is 42.8 Å². The second-order valence-electron chi connectivity index (χ2n) is 6.29. The fourth-order valence-corrected chi connectivity index (χ4v) is 3.32. The first-order chi connectivity index (χ1) is 13.4. The summed E-state index contributed by atoms with van der Waals surface area (Å²) in [4.78, 5) is 29.1. The van der Waals surface area contributed by atoms with E-state index in [-0.39, 0.29) is 0 Å². The molecule has 134 valence electrons. The number of ether oxygens (including phenoxy) is 1. The predicted molar refractivity (Wildman–Crippen MR) is 98.5 cm³/mol. The first-order valence-corrected chi connectivity index (χ1v) is 8.85. The van der Waals surface area contributed by atoms with E-state index < -0.39 is 0 Å². The van der Waals surface area contributed by atoms with E-state index >= 15 is 0 Å². The van der Waals surface area contributed by atoms with Gasteiger partial charge >= 0.3 is 0 Å². The SMILES string of the molecule is c1cc(-c2nc(N3CCOCC3)nc3c2=NCC=3c2ccncn2)ccn1. The molecule has 3 aromatic rings. The summed E-state index contributed by atoms with van der Waals surface area (Å²) < 4.78 is 5.47. The highest BCUT2D eigenvalue weighted by atomic mass is 16.5. The zero-order chi connectivity index (χ0) is 18.1. The molecule has 0 N–H and O–H groups in total. The molecule has 0 atom stereocenters. The Morgan fingerprint density at radius 2 is 1.74 bits per heavy atom. The molecule has 0 radical (unpaired) electrons. The van der Waals surface area contributed by atoms with E-state index in [4.69, 9.17) is 19.7 Å². The Morgan fingerprint density at radius 3 is 2.52 bits per heavy atom. The highest BCUT2D eigenvalue weighted by Crippen LogP contribution is 2.17. The first-order valence-electron chi connectivity index (χ1n) is 8.85. The molecule has 0 saturated carbocycles. The van der Waals surface area contributed by atoms with Crippen LogP contribution in [0.2, 0.25) is 0 Å². The maximum Gasteiger partial charge on any atom is 0.226 e. The molecular formula is C19H17N7O. The molecule has 0 aromatic carbocycles. The second-order valence-corrected chi connectivity index (χ2v) is 6.29. The Morgan fingerprint density at radius 1 is 0.926 bits per heavy atom. The zero-order valence-corrected chi connectivity index (χ0v) is 14.6. The van der Waals surface area contributed by atoms with Crippen LogP contribution in [0.5, 0.6) is 0 Å². The highest BCUT2D eigenvalue weighted by molar-refractivity contribution is 5.68. The molecule has 0 aliphatic carbocycles. The van der Waals surface area contributed by atoms with E-state index in [9.17, 15) is 0 Å². The van der Waals surface area contributed by atoms with Gasteiger partial charge in [0.25, 0.3) is 0 Å². The number of pyridine rings is 1. The number of anilines is 1. The molecule has 0 bridgehead atoms. The lowest BCUT2D eigenvalue weighted by Crippen LogP contribution is -2.41. The molecule has 1 saturated heterocycles. The van der Waals surface area contributed by atoms with Crippen molar-refractivity contribution in [3.63, 3.8) is 0 Å². The quantitative estimate of drug-likeness (QED) is 0.650. The van der Waals surface area contributed by atoms with Crippen molar-refractivity contribution in [1.82, 2.24) is 24.9 Å². The van der Waals surface area contributed by atoms with E-state index in [0.717, 1.165) is 46.3 Å². The lowest BCUT2D eigenvalue weighted by molar-refractivity contribution is 0.122. The number of rotatable bonds is 3. The van der Waals surface area contributed by atoms with E-state index in [0.29, 0.717) is 25.7 Å². The third-order valence-electron chi connectivity index (χ3n) is 4.69. The van der Waals surface area contributed by atoms with Crippen molar-refractivity contribution in [3.8, 4) is 11.3 Å². The average molecular weight is 359 g/mol. The molecule has 2 aliphatic rings. The van der Waals surface area contributed by atoms with Gasteiger partial charge in [0.2, 0.25) is 5.95 Å². The van der Waals surface area contributed by atoms with Crippen LogP contribution in [0.15, 0.2) is 48.1 Å². The van der Waals surface area contributed by atoms with Crippen LogP contribution in [0.1, 0.15) is 5.69 Å². The third-order valence-corrected chi connectivity index (χ3v) is 4.69.